The van der Waals surface area contributed by atoms with Crippen molar-refractivity contribution in [2.45, 2.75) is 25.9 Å². The number of aliphatic hydroxyl groups is 1. The van der Waals surface area contributed by atoms with E-state index in [4.69, 9.17) is 10.2 Å². The van der Waals surface area contributed by atoms with Crippen molar-refractivity contribution in [3.63, 3.8) is 0 Å². The normalized spacial score (nSPS) is 12.8. The van der Waals surface area contributed by atoms with Crippen LogP contribution in [0.1, 0.15) is 18.9 Å². The molecule has 1 rings (SSSR count). The predicted octanol–water partition coefficient (Wildman–Crippen LogP) is 1.71. The van der Waals surface area contributed by atoms with Crippen LogP contribution < -0.4 is 0 Å². The summed E-state index contributed by atoms with van der Waals surface area (Å²) in [5, 5.41) is 18.0. The highest BCUT2D eigenvalue weighted by Gasteiger charge is 1.97. The standard InChI is InChI=1S/C10H14O2/c1-8(11)2-3-9-4-6-10(12)7-5-9/h4-8,11-12H,2-3H2,1H3/t8-/m1/s1. The van der Waals surface area contributed by atoms with Crippen molar-refractivity contribution in [1.82, 2.24) is 0 Å². The van der Waals surface area contributed by atoms with Gasteiger partial charge >= 0.3 is 0 Å². The van der Waals surface area contributed by atoms with Crippen molar-refractivity contribution in [3.8, 4) is 5.75 Å². The lowest BCUT2D eigenvalue weighted by molar-refractivity contribution is 0.185. The summed E-state index contributed by atoms with van der Waals surface area (Å²) in [7, 11) is 0. The Balaban J connectivity index is 2.48. The molecule has 0 aliphatic carbocycles. The van der Waals surface area contributed by atoms with Crippen LogP contribution in [0, 0.1) is 0 Å². The molecule has 2 N–H and O–H groups in total. The molecule has 66 valence electrons. The topological polar surface area (TPSA) is 40.5 Å². The summed E-state index contributed by atoms with van der Waals surface area (Å²) in [5.74, 6) is 0.288. The summed E-state index contributed by atoms with van der Waals surface area (Å²) in [5.41, 5.74) is 1.15. The molecule has 0 aliphatic heterocycles. The molecule has 0 saturated carbocycles. The van der Waals surface area contributed by atoms with Crippen LogP contribution in [0.15, 0.2) is 24.3 Å². The van der Waals surface area contributed by atoms with Crippen LogP contribution in [0.3, 0.4) is 0 Å². The summed E-state index contributed by atoms with van der Waals surface area (Å²) in [4.78, 5) is 0. The van der Waals surface area contributed by atoms with Gasteiger partial charge in [-0.2, -0.15) is 0 Å². The summed E-state index contributed by atoms with van der Waals surface area (Å²) in [6.07, 6.45) is 1.38. The van der Waals surface area contributed by atoms with Gasteiger partial charge in [0.2, 0.25) is 0 Å². The first kappa shape index (κ1) is 9.07. The van der Waals surface area contributed by atoms with Crippen molar-refractivity contribution >= 4 is 0 Å². The molecule has 0 saturated heterocycles. The maximum absolute atomic E-state index is 9.02. The highest BCUT2D eigenvalue weighted by Crippen LogP contribution is 2.11. The minimum Gasteiger partial charge on any atom is -0.508 e. The second kappa shape index (κ2) is 4.12. The number of hydrogen-bond donors (Lipinski definition) is 2. The quantitative estimate of drug-likeness (QED) is 0.717. The second-order valence-corrected chi connectivity index (χ2v) is 3.05. The summed E-state index contributed by atoms with van der Waals surface area (Å²) < 4.78 is 0. The molecular formula is C10H14O2. The number of aliphatic hydroxyl groups excluding tert-OH is 1. The number of phenols is 1. The van der Waals surface area contributed by atoms with Gasteiger partial charge in [-0.05, 0) is 37.5 Å². The van der Waals surface area contributed by atoms with Crippen LogP contribution >= 0.6 is 0 Å². The van der Waals surface area contributed by atoms with Gasteiger partial charge in [0.15, 0.2) is 0 Å². The molecule has 12 heavy (non-hydrogen) atoms. The Kier molecular flexibility index (Phi) is 3.11. The number of hydrogen-bond acceptors (Lipinski definition) is 2. The molecular weight excluding hydrogens is 152 g/mol. The highest BCUT2D eigenvalue weighted by atomic mass is 16.3. The molecule has 1 aromatic carbocycles. The minimum atomic E-state index is -0.251. The Hall–Kier alpha value is -1.02. The molecule has 1 aromatic rings. The summed E-state index contributed by atoms with van der Waals surface area (Å²) in [6, 6.07) is 7.07. The third kappa shape index (κ3) is 2.93. The highest BCUT2D eigenvalue weighted by molar-refractivity contribution is 5.25. The van der Waals surface area contributed by atoms with Gasteiger partial charge in [-0.15, -0.1) is 0 Å². The van der Waals surface area contributed by atoms with Crippen LogP contribution in [0.25, 0.3) is 0 Å². The monoisotopic (exact) mass is 166 g/mol. The fourth-order valence-corrected chi connectivity index (χ4v) is 1.04. The Labute approximate surface area is 72.5 Å². The molecule has 0 spiro atoms. The van der Waals surface area contributed by atoms with E-state index >= 15 is 0 Å². The third-order valence-electron chi connectivity index (χ3n) is 1.79. The zero-order valence-electron chi connectivity index (χ0n) is 7.20. The van der Waals surface area contributed by atoms with Crippen molar-refractivity contribution in [2.24, 2.45) is 0 Å². The van der Waals surface area contributed by atoms with Gasteiger partial charge in [0.25, 0.3) is 0 Å². The number of rotatable bonds is 3. The SMILES string of the molecule is C[C@@H](O)CCc1ccc(O)cc1. The second-order valence-electron chi connectivity index (χ2n) is 3.05. The molecule has 0 heterocycles. The van der Waals surface area contributed by atoms with Crippen molar-refractivity contribution in [2.75, 3.05) is 0 Å². The number of aryl methyl sites for hydroxylation is 1. The van der Waals surface area contributed by atoms with Crippen LogP contribution in [-0.4, -0.2) is 16.3 Å². The first-order valence-corrected chi connectivity index (χ1v) is 4.14. The lowest BCUT2D eigenvalue weighted by atomic mass is 10.1. The Bertz CT molecular complexity index is 226. The number of aromatic hydroxyl groups is 1. The maximum atomic E-state index is 9.02. The predicted molar refractivity (Wildman–Crippen MR) is 48.1 cm³/mol. The smallest absolute Gasteiger partial charge is 0.115 e. The van der Waals surface area contributed by atoms with Gasteiger partial charge in [-0.25, -0.2) is 0 Å². The van der Waals surface area contributed by atoms with Gasteiger partial charge in [0.1, 0.15) is 5.75 Å². The van der Waals surface area contributed by atoms with Gasteiger partial charge in [-0.1, -0.05) is 12.1 Å². The zero-order chi connectivity index (χ0) is 8.97. The number of benzene rings is 1. The van der Waals surface area contributed by atoms with E-state index < -0.39 is 0 Å². The average molecular weight is 166 g/mol. The van der Waals surface area contributed by atoms with Gasteiger partial charge in [0, 0.05) is 0 Å². The number of phenolic OH excluding ortho intramolecular Hbond substituents is 1. The molecule has 0 amide bonds. The molecule has 0 aliphatic rings. The van der Waals surface area contributed by atoms with E-state index in [1.165, 1.54) is 0 Å². The average Bonchev–Trinajstić information content (AvgIpc) is 2.03. The van der Waals surface area contributed by atoms with Gasteiger partial charge in [0.05, 0.1) is 6.10 Å². The third-order valence-corrected chi connectivity index (χ3v) is 1.79. The van der Waals surface area contributed by atoms with Crippen molar-refractivity contribution < 1.29 is 10.2 Å². The van der Waals surface area contributed by atoms with Gasteiger partial charge < -0.3 is 10.2 Å². The first-order chi connectivity index (χ1) is 5.68. The molecule has 0 bridgehead atoms. The Morgan fingerprint density at radius 1 is 1.25 bits per heavy atom. The van der Waals surface area contributed by atoms with E-state index in [2.05, 4.69) is 0 Å². The van der Waals surface area contributed by atoms with Gasteiger partial charge in [-0.3, -0.25) is 0 Å². The molecule has 2 heteroatoms. The van der Waals surface area contributed by atoms with Crippen LogP contribution in [0.5, 0.6) is 5.75 Å². The van der Waals surface area contributed by atoms with E-state index in [9.17, 15) is 0 Å². The van der Waals surface area contributed by atoms with Crippen molar-refractivity contribution in [3.05, 3.63) is 29.8 Å². The molecule has 0 fully saturated rings. The largest absolute Gasteiger partial charge is 0.508 e. The first-order valence-electron chi connectivity index (χ1n) is 4.14. The zero-order valence-corrected chi connectivity index (χ0v) is 7.20. The Morgan fingerprint density at radius 2 is 1.83 bits per heavy atom. The summed E-state index contributed by atoms with van der Waals surface area (Å²) >= 11 is 0. The Morgan fingerprint density at radius 3 is 2.33 bits per heavy atom. The minimum absolute atomic E-state index is 0.251. The molecule has 1 atom stereocenters. The van der Waals surface area contributed by atoms with Crippen LogP contribution in [0.4, 0.5) is 0 Å². The molecule has 0 radical (unpaired) electrons. The van der Waals surface area contributed by atoms with E-state index in [1.54, 1.807) is 19.1 Å². The maximum Gasteiger partial charge on any atom is 0.115 e. The van der Waals surface area contributed by atoms with E-state index in [-0.39, 0.29) is 11.9 Å². The lowest BCUT2D eigenvalue weighted by Gasteiger charge is -2.03. The fraction of sp³-hybridized carbons (Fsp3) is 0.400. The summed E-state index contributed by atoms with van der Waals surface area (Å²) in [6.45, 7) is 1.78. The fourth-order valence-electron chi connectivity index (χ4n) is 1.04. The molecule has 2 nitrogen and oxygen atoms in total. The van der Waals surface area contributed by atoms with Crippen LogP contribution in [0.2, 0.25) is 0 Å². The van der Waals surface area contributed by atoms with E-state index in [0.29, 0.717) is 0 Å². The van der Waals surface area contributed by atoms with Crippen LogP contribution in [-0.2, 0) is 6.42 Å². The molecule has 0 unspecified atom stereocenters. The molecule has 0 aromatic heterocycles. The van der Waals surface area contributed by atoms with E-state index in [1.807, 2.05) is 12.1 Å². The van der Waals surface area contributed by atoms with E-state index in [0.717, 1.165) is 18.4 Å². The lowest BCUT2D eigenvalue weighted by Crippen LogP contribution is -2.00. The van der Waals surface area contributed by atoms with Crippen molar-refractivity contribution in [1.29, 1.82) is 0 Å².